The number of hydrogen-bond donors (Lipinski definition) is 2. The molecule has 4 aromatic rings. The number of nitrogens with one attached hydrogen (secondary N) is 2. The summed E-state index contributed by atoms with van der Waals surface area (Å²) < 4.78 is 4.73. The van der Waals surface area contributed by atoms with Crippen LogP contribution in [0.2, 0.25) is 10.0 Å². The molecule has 0 aliphatic heterocycles. The van der Waals surface area contributed by atoms with Gasteiger partial charge in [0.1, 0.15) is 0 Å². The van der Waals surface area contributed by atoms with Gasteiger partial charge in [-0.05, 0) is 71.7 Å². The zero-order valence-corrected chi connectivity index (χ0v) is 15.9. The maximum Gasteiger partial charge on any atom is 0.245 e. The van der Waals surface area contributed by atoms with Gasteiger partial charge in [0.2, 0.25) is 11.3 Å². The number of hydrogen-bond acceptors (Lipinski definition) is 7. The standard InChI is InChI=1S/C18H14Cl2N6O/c1-9-7-11(3-5-13(9)19)21-15-16(24-18-17(23-15)25-27-26-18)22-12-4-6-14(20)10(2)8-12/h3-8H,1-2H3,(H,21,23,25)(H,22,24,26). The molecule has 0 atom stereocenters. The molecule has 7 nitrogen and oxygen atoms in total. The van der Waals surface area contributed by atoms with Gasteiger partial charge in [0.25, 0.3) is 0 Å². The number of aryl methyl sites for hydroxylation is 2. The van der Waals surface area contributed by atoms with E-state index in [-0.39, 0.29) is 0 Å². The molecule has 0 radical (unpaired) electrons. The quantitative estimate of drug-likeness (QED) is 0.472. The van der Waals surface area contributed by atoms with Crippen molar-refractivity contribution in [1.82, 2.24) is 20.3 Å². The minimum Gasteiger partial charge on any atom is -0.337 e. The van der Waals surface area contributed by atoms with Crippen LogP contribution in [0, 0.1) is 13.8 Å². The highest BCUT2D eigenvalue weighted by Gasteiger charge is 2.14. The molecular formula is C18H14Cl2N6O. The Kier molecular flexibility index (Phi) is 4.55. The second kappa shape index (κ2) is 7.02. The van der Waals surface area contributed by atoms with Crippen LogP contribution in [-0.2, 0) is 0 Å². The lowest BCUT2D eigenvalue weighted by molar-refractivity contribution is 0.314. The molecule has 0 spiro atoms. The Labute approximate surface area is 164 Å². The van der Waals surface area contributed by atoms with Gasteiger partial charge in [-0.3, -0.25) is 0 Å². The molecule has 0 saturated heterocycles. The molecule has 0 aliphatic carbocycles. The zero-order valence-electron chi connectivity index (χ0n) is 14.4. The van der Waals surface area contributed by atoms with Gasteiger partial charge in [-0.1, -0.05) is 23.2 Å². The smallest absolute Gasteiger partial charge is 0.245 e. The van der Waals surface area contributed by atoms with Gasteiger partial charge in [-0.25, -0.2) is 14.6 Å². The van der Waals surface area contributed by atoms with Crippen molar-refractivity contribution in [2.24, 2.45) is 0 Å². The van der Waals surface area contributed by atoms with Crippen molar-refractivity contribution in [2.45, 2.75) is 13.8 Å². The van der Waals surface area contributed by atoms with Crippen molar-refractivity contribution in [3.63, 3.8) is 0 Å². The molecule has 2 heterocycles. The summed E-state index contributed by atoms with van der Waals surface area (Å²) in [5, 5.41) is 15.4. The number of halogens is 2. The fourth-order valence-corrected chi connectivity index (χ4v) is 2.77. The summed E-state index contributed by atoms with van der Waals surface area (Å²) in [7, 11) is 0. The maximum absolute atomic E-state index is 6.10. The van der Waals surface area contributed by atoms with E-state index in [1.54, 1.807) is 0 Å². The van der Waals surface area contributed by atoms with Crippen molar-refractivity contribution in [2.75, 3.05) is 10.6 Å². The van der Waals surface area contributed by atoms with Gasteiger partial charge in [0.15, 0.2) is 11.6 Å². The van der Waals surface area contributed by atoms with Gasteiger partial charge in [0, 0.05) is 21.4 Å². The largest absolute Gasteiger partial charge is 0.337 e. The van der Waals surface area contributed by atoms with Crippen molar-refractivity contribution >= 4 is 57.5 Å². The molecule has 27 heavy (non-hydrogen) atoms. The molecule has 0 bridgehead atoms. The van der Waals surface area contributed by atoms with E-state index in [1.807, 2.05) is 50.2 Å². The highest BCUT2D eigenvalue weighted by molar-refractivity contribution is 6.31. The molecule has 0 amide bonds. The molecule has 2 aromatic carbocycles. The van der Waals surface area contributed by atoms with Crippen LogP contribution < -0.4 is 10.6 Å². The van der Waals surface area contributed by atoms with Crippen LogP contribution in [0.15, 0.2) is 41.0 Å². The molecule has 0 saturated carbocycles. The Bertz CT molecular complexity index is 1060. The Hall–Kier alpha value is -2.90. The Morgan fingerprint density at radius 2 is 1.19 bits per heavy atom. The van der Waals surface area contributed by atoms with E-state index in [0.29, 0.717) is 33.0 Å². The number of rotatable bonds is 4. The summed E-state index contributed by atoms with van der Waals surface area (Å²) in [6.07, 6.45) is 0. The molecule has 0 aliphatic rings. The number of anilines is 4. The molecule has 2 aromatic heterocycles. The maximum atomic E-state index is 6.10. The Morgan fingerprint density at radius 3 is 1.59 bits per heavy atom. The van der Waals surface area contributed by atoms with Crippen LogP contribution in [0.25, 0.3) is 11.3 Å². The van der Waals surface area contributed by atoms with Crippen LogP contribution in [-0.4, -0.2) is 20.3 Å². The van der Waals surface area contributed by atoms with Crippen molar-refractivity contribution in [1.29, 1.82) is 0 Å². The highest BCUT2D eigenvalue weighted by atomic mass is 35.5. The van der Waals surface area contributed by atoms with Gasteiger partial charge >= 0.3 is 0 Å². The van der Waals surface area contributed by atoms with Crippen LogP contribution >= 0.6 is 23.2 Å². The van der Waals surface area contributed by atoms with Crippen LogP contribution in [0.4, 0.5) is 23.0 Å². The molecular weight excluding hydrogens is 387 g/mol. The van der Waals surface area contributed by atoms with E-state index in [2.05, 4.69) is 30.9 Å². The van der Waals surface area contributed by atoms with Gasteiger partial charge in [0.05, 0.1) is 0 Å². The summed E-state index contributed by atoms with van der Waals surface area (Å²) >= 11 is 12.2. The summed E-state index contributed by atoms with van der Waals surface area (Å²) in [4.78, 5) is 8.91. The number of aromatic nitrogens is 4. The van der Waals surface area contributed by atoms with E-state index in [9.17, 15) is 0 Å². The van der Waals surface area contributed by atoms with Crippen molar-refractivity contribution < 1.29 is 4.63 Å². The topological polar surface area (TPSA) is 88.8 Å². The fraction of sp³-hybridized carbons (Fsp3) is 0.111. The molecule has 0 fully saturated rings. The molecule has 4 rings (SSSR count). The lowest BCUT2D eigenvalue weighted by atomic mass is 10.2. The van der Waals surface area contributed by atoms with E-state index in [4.69, 9.17) is 27.8 Å². The minimum atomic E-state index is 0.307. The third kappa shape index (κ3) is 3.65. The summed E-state index contributed by atoms with van der Waals surface area (Å²) in [5.41, 5.74) is 4.14. The lowest BCUT2D eigenvalue weighted by Crippen LogP contribution is -2.03. The Balaban J connectivity index is 1.74. The summed E-state index contributed by atoms with van der Waals surface area (Å²) in [6.45, 7) is 3.86. The highest BCUT2D eigenvalue weighted by Crippen LogP contribution is 2.29. The minimum absolute atomic E-state index is 0.307. The lowest BCUT2D eigenvalue weighted by Gasteiger charge is -2.13. The average Bonchev–Trinajstić information content (AvgIpc) is 3.09. The molecule has 0 unspecified atom stereocenters. The fourth-order valence-electron chi connectivity index (χ4n) is 2.53. The number of benzene rings is 2. The summed E-state index contributed by atoms with van der Waals surface area (Å²) in [6, 6.07) is 11.2. The third-order valence-electron chi connectivity index (χ3n) is 3.96. The number of nitrogens with zero attached hydrogens (tertiary/aromatic N) is 4. The molecule has 9 heteroatoms. The predicted molar refractivity (Wildman–Crippen MR) is 106 cm³/mol. The van der Waals surface area contributed by atoms with E-state index in [1.165, 1.54) is 0 Å². The Morgan fingerprint density at radius 1 is 0.741 bits per heavy atom. The van der Waals surface area contributed by atoms with Crippen molar-refractivity contribution in [3.05, 3.63) is 57.6 Å². The first-order valence-electron chi connectivity index (χ1n) is 8.06. The molecule has 2 N–H and O–H groups in total. The van der Waals surface area contributed by atoms with Crippen LogP contribution in [0.5, 0.6) is 0 Å². The van der Waals surface area contributed by atoms with E-state index in [0.717, 1.165) is 22.5 Å². The first-order valence-corrected chi connectivity index (χ1v) is 8.82. The first-order chi connectivity index (χ1) is 13.0. The predicted octanol–water partition coefficient (Wildman–Crippen LogP) is 5.42. The molecule has 136 valence electrons. The number of fused-ring (bicyclic) bond motifs is 1. The third-order valence-corrected chi connectivity index (χ3v) is 4.80. The van der Waals surface area contributed by atoms with E-state index < -0.39 is 0 Å². The van der Waals surface area contributed by atoms with E-state index >= 15 is 0 Å². The zero-order chi connectivity index (χ0) is 19.0. The van der Waals surface area contributed by atoms with Crippen LogP contribution in [0.1, 0.15) is 11.1 Å². The van der Waals surface area contributed by atoms with Gasteiger partial charge < -0.3 is 10.6 Å². The van der Waals surface area contributed by atoms with Gasteiger partial charge in [-0.15, -0.1) is 0 Å². The SMILES string of the molecule is Cc1cc(Nc2nc3nonc3nc2Nc2ccc(Cl)c(C)c2)ccc1Cl. The van der Waals surface area contributed by atoms with Gasteiger partial charge in [-0.2, -0.15) is 0 Å². The second-order valence-corrected chi connectivity index (χ2v) is 6.82. The monoisotopic (exact) mass is 400 g/mol. The normalized spacial score (nSPS) is 11.0. The second-order valence-electron chi connectivity index (χ2n) is 6.01. The average molecular weight is 401 g/mol. The summed E-state index contributed by atoms with van der Waals surface area (Å²) in [5.74, 6) is 0.958. The van der Waals surface area contributed by atoms with Crippen LogP contribution in [0.3, 0.4) is 0 Å². The van der Waals surface area contributed by atoms with Crippen molar-refractivity contribution in [3.8, 4) is 0 Å². The first kappa shape index (κ1) is 17.5.